The Morgan fingerprint density at radius 2 is 1.95 bits per heavy atom. The van der Waals surface area contributed by atoms with E-state index >= 15 is 0 Å². The number of methoxy groups -OCH3 is 1. The highest BCUT2D eigenvalue weighted by molar-refractivity contribution is 7.19. The number of anilines is 2. The highest BCUT2D eigenvalue weighted by Crippen LogP contribution is 2.45. The first kappa shape index (κ1) is 16.1. The number of carbonyl (C=O) groups is 1. The molecule has 6 heteroatoms. The molecule has 0 saturated carbocycles. The van der Waals surface area contributed by atoms with Gasteiger partial charge in [-0.3, -0.25) is 9.69 Å². The average molecular weight is 311 g/mol. The second-order valence-electron chi connectivity index (χ2n) is 5.29. The maximum absolute atomic E-state index is 12.0. The predicted molar refractivity (Wildman–Crippen MR) is 88.8 cm³/mol. The Hall–Kier alpha value is -1.27. The van der Waals surface area contributed by atoms with Gasteiger partial charge in [0.05, 0.1) is 17.7 Å². The summed E-state index contributed by atoms with van der Waals surface area (Å²) in [6, 6.07) is 0. The lowest BCUT2D eigenvalue weighted by Crippen LogP contribution is -2.46. The summed E-state index contributed by atoms with van der Waals surface area (Å²) < 4.78 is 5.46. The van der Waals surface area contributed by atoms with E-state index in [2.05, 4.69) is 16.7 Å². The van der Waals surface area contributed by atoms with Crippen LogP contribution in [0.3, 0.4) is 0 Å². The number of hydrogen-bond acceptors (Lipinski definition) is 6. The SMILES string of the molecule is CCCN1CCN(c2sc(C(=O)CC)c(N)c2OC)CC1. The minimum atomic E-state index is 0.0895. The van der Waals surface area contributed by atoms with E-state index in [1.54, 1.807) is 7.11 Å². The van der Waals surface area contributed by atoms with Crippen LogP contribution in [0.5, 0.6) is 5.75 Å². The molecule has 1 saturated heterocycles. The number of piperazine rings is 1. The number of thiophene rings is 1. The lowest BCUT2D eigenvalue weighted by atomic mass is 10.2. The minimum Gasteiger partial charge on any atom is -0.492 e. The molecule has 1 aromatic rings. The lowest BCUT2D eigenvalue weighted by molar-refractivity contribution is 0.0992. The van der Waals surface area contributed by atoms with Gasteiger partial charge >= 0.3 is 0 Å². The highest BCUT2D eigenvalue weighted by Gasteiger charge is 2.26. The molecule has 2 rings (SSSR count). The Morgan fingerprint density at radius 3 is 2.48 bits per heavy atom. The van der Waals surface area contributed by atoms with Crippen LogP contribution < -0.4 is 15.4 Å². The largest absolute Gasteiger partial charge is 0.492 e. The summed E-state index contributed by atoms with van der Waals surface area (Å²) in [6.07, 6.45) is 1.65. The fourth-order valence-corrected chi connectivity index (χ4v) is 3.93. The maximum atomic E-state index is 12.0. The number of rotatable bonds is 6. The monoisotopic (exact) mass is 311 g/mol. The third-order valence-corrected chi connectivity index (χ3v) is 5.15. The van der Waals surface area contributed by atoms with Gasteiger partial charge in [-0.1, -0.05) is 13.8 Å². The molecule has 0 bridgehead atoms. The number of nitrogens with zero attached hydrogens (tertiary/aromatic N) is 2. The quantitative estimate of drug-likeness (QED) is 0.818. The third kappa shape index (κ3) is 3.32. The smallest absolute Gasteiger partial charge is 0.177 e. The van der Waals surface area contributed by atoms with Gasteiger partial charge in [0.25, 0.3) is 0 Å². The molecule has 1 aromatic heterocycles. The Balaban J connectivity index is 2.18. The van der Waals surface area contributed by atoms with Crippen molar-refractivity contribution in [2.24, 2.45) is 0 Å². The van der Waals surface area contributed by atoms with E-state index in [0.29, 0.717) is 22.7 Å². The summed E-state index contributed by atoms with van der Waals surface area (Å²) in [5, 5.41) is 1.00. The number of ketones is 1. The summed E-state index contributed by atoms with van der Waals surface area (Å²) in [7, 11) is 1.62. The lowest BCUT2D eigenvalue weighted by Gasteiger charge is -2.35. The van der Waals surface area contributed by atoms with E-state index in [9.17, 15) is 4.79 Å². The van der Waals surface area contributed by atoms with E-state index in [0.717, 1.165) is 37.7 Å². The molecule has 1 aliphatic rings. The second-order valence-corrected chi connectivity index (χ2v) is 6.29. The van der Waals surface area contributed by atoms with Gasteiger partial charge < -0.3 is 15.4 Å². The van der Waals surface area contributed by atoms with Gasteiger partial charge in [0, 0.05) is 32.6 Å². The number of carbonyl (C=O) groups excluding carboxylic acids is 1. The van der Waals surface area contributed by atoms with Crippen molar-refractivity contribution in [1.82, 2.24) is 4.90 Å². The van der Waals surface area contributed by atoms with Crippen molar-refractivity contribution in [2.75, 3.05) is 50.5 Å². The highest BCUT2D eigenvalue weighted by atomic mass is 32.1. The number of ether oxygens (including phenoxy) is 1. The number of nitrogens with two attached hydrogens (primary N) is 1. The van der Waals surface area contributed by atoms with Crippen LogP contribution in [0.2, 0.25) is 0 Å². The van der Waals surface area contributed by atoms with Crippen molar-refractivity contribution in [3.63, 3.8) is 0 Å². The van der Waals surface area contributed by atoms with E-state index in [-0.39, 0.29) is 5.78 Å². The molecule has 1 aliphatic heterocycles. The molecule has 0 aromatic carbocycles. The zero-order chi connectivity index (χ0) is 15.4. The van der Waals surface area contributed by atoms with Crippen molar-refractivity contribution in [1.29, 1.82) is 0 Å². The van der Waals surface area contributed by atoms with Crippen LogP contribution in [0.15, 0.2) is 0 Å². The summed E-state index contributed by atoms with van der Waals surface area (Å²) in [4.78, 5) is 17.4. The zero-order valence-corrected chi connectivity index (χ0v) is 14.0. The van der Waals surface area contributed by atoms with E-state index in [1.807, 2.05) is 6.92 Å². The van der Waals surface area contributed by atoms with Gasteiger partial charge in [0.15, 0.2) is 11.5 Å². The molecule has 0 unspecified atom stereocenters. The fraction of sp³-hybridized carbons (Fsp3) is 0.667. The topological polar surface area (TPSA) is 58.8 Å². The first-order chi connectivity index (χ1) is 10.1. The fourth-order valence-electron chi connectivity index (χ4n) is 2.68. The average Bonchev–Trinajstić information content (AvgIpc) is 2.84. The predicted octanol–water partition coefficient (Wildman–Crippen LogP) is 2.46. The molecular formula is C15H25N3O2S. The number of nitrogen functional groups attached to an aromatic ring is 1. The number of Topliss-reactive ketones (excluding diaryl/α,β-unsaturated/α-hetero) is 1. The summed E-state index contributed by atoms with van der Waals surface area (Å²) in [6.45, 7) is 9.22. The Kier molecular flexibility index (Phi) is 5.47. The summed E-state index contributed by atoms with van der Waals surface area (Å²) in [5.74, 6) is 0.757. The van der Waals surface area contributed by atoms with Crippen LogP contribution >= 0.6 is 11.3 Å². The first-order valence-electron chi connectivity index (χ1n) is 7.59. The Bertz CT molecular complexity index is 493. The minimum absolute atomic E-state index is 0.0895. The van der Waals surface area contributed by atoms with Crippen molar-refractivity contribution in [3.05, 3.63) is 4.88 Å². The van der Waals surface area contributed by atoms with Crippen molar-refractivity contribution in [2.45, 2.75) is 26.7 Å². The van der Waals surface area contributed by atoms with Crippen LogP contribution in [-0.2, 0) is 0 Å². The molecule has 21 heavy (non-hydrogen) atoms. The Morgan fingerprint density at radius 1 is 1.29 bits per heavy atom. The first-order valence-corrected chi connectivity index (χ1v) is 8.40. The van der Waals surface area contributed by atoms with Gasteiger partial charge in [0.2, 0.25) is 0 Å². The molecule has 5 nitrogen and oxygen atoms in total. The molecule has 2 heterocycles. The normalized spacial score (nSPS) is 16.2. The molecule has 0 aliphatic carbocycles. The third-order valence-electron chi connectivity index (χ3n) is 3.86. The zero-order valence-electron chi connectivity index (χ0n) is 13.1. The van der Waals surface area contributed by atoms with Gasteiger partial charge in [-0.05, 0) is 13.0 Å². The second kappa shape index (κ2) is 7.13. The number of hydrogen-bond donors (Lipinski definition) is 1. The Labute approximate surface area is 130 Å². The summed E-state index contributed by atoms with van der Waals surface area (Å²) >= 11 is 1.47. The molecule has 2 N–H and O–H groups in total. The van der Waals surface area contributed by atoms with Crippen LogP contribution in [-0.4, -0.2) is 50.5 Å². The van der Waals surface area contributed by atoms with Crippen LogP contribution in [0.25, 0.3) is 0 Å². The molecule has 0 amide bonds. The summed E-state index contributed by atoms with van der Waals surface area (Å²) in [5.41, 5.74) is 6.60. The molecule has 1 fully saturated rings. The standard InChI is InChI=1S/C15H25N3O2S/c1-4-6-17-7-9-18(10-8-17)15-13(20-3)12(16)14(21-15)11(19)5-2/h4-10,16H2,1-3H3. The van der Waals surface area contributed by atoms with Crippen LogP contribution in [0.1, 0.15) is 36.4 Å². The van der Waals surface area contributed by atoms with Gasteiger partial charge in [-0.2, -0.15) is 0 Å². The molecule has 0 atom stereocenters. The van der Waals surface area contributed by atoms with Gasteiger partial charge in [-0.15, -0.1) is 11.3 Å². The molecule has 0 spiro atoms. The molecule has 118 valence electrons. The van der Waals surface area contributed by atoms with Crippen molar-refractivity contribution < 1.29 is 9.53 Å². The van der Waals surface area contributed by atoms with Crippen molar-refractivity contribution >= 4 is 27.8 Å². The van der Waals surface area contributed by atoms with E-state index in [4.69, 9.17) is 10.5 Å². The van der Waals surface area contributed by atoms with Gasteiger partial charge in [0.1, 0.15) is 5.00 Å². The van der Waals surface area contributed by atoms with Crippen LogP contribution in [0.4, 0.5) is 10.7 Å². The van der Waals surface area contributed by atoms with Gasteiger partial charge in [-0.25, -0.2) is 0 Å². The molecule has 0 radical (unpaired) electrons. The van der Waals surface area contributed by atoms with Crippen molar-refractivity contribution in [3.8, 4) is 5.75 Å². The van der Waals surface area contributed by atoms with Crippen LogP contribution in [0, 0.1) is 0 Å². The molecular weight excluding hydrogens is 286 g/mol. The van der Waals surface area contributed by atoms with E-state index < -0.39 is 0 Å². The van der Waals surface area contributed by atoms with E-state index in [1.165, 1.54) is 17.8 Å². The maximum Gasteiger partial charge on any atom is 0.177 e.